The van der Waals surface area contributed by atoms with Gasteiger partial charge in [0, 0.05) is 45.5 Å². The number of carbonyl (C=O) groups is 1. The summed E-state index contributed by atoms with van der Waals surface area (Å²) in [5, 5.41) is 3.03. The van der Waals surface area contributed by atoms with Gasteiger partial charge in [0.05, 0.1) is 0 Å². The number of pyridine rings is 1. The van der Waals surface area contributed by atoms with E-state index in [1.54, 1.807) is 6.20 Å². The normalized spacial score (nSPS) is 14.6. The molecule has 1 fully saturated rings. The first kappa shape index (κ1) is 18.2. The van der Waals surface area contributed by atoms with Crippen LogP contribution in [0.2, 0.25) is 0 Å². The van der Waals surface area contributed by atoms with Gasteiger partial charge in [0.2, 0.25) is 0 Å². The smallest absolute Gasteiger partial charge is 0.317 e. The Morgan fingerprint density at radius 2 is 1.73 bits per heavy atom. The second kappa shape index (κ2) is 8.67. The summed E-state index contributed by atoms with van der Waals surface area (Å²) in [5.74, 6) is 0.977. The van der Waals surface area contributed by atoms with Gasteiger partial charge < -0.3 is 20.0 Å². The molecule has 2 amide bonds. The predicted molar refractivity (Wildman–Crippen MR) is 104 cm³/mol. The Labute approximate surface area is 155 Å². The molecule has 0 spiro atoms. The third-order valence-corrected chi connectivity index (χ3v) is 4.51. The molecule has 1 N–H and O–H groups in total. The number of anilines is 1. The van der Waals surface area contributed by atoms with Gasteiger partial charge in [0.1, 0.15) is 5.82 Å². The molecule has 1 aromatic carbocycles. The third-order valence-electron chi connectivity index (χ3n) is 4.51. The van der Waals surface area contributed by atoms with Crippen LogP contribution in [-0.4, -0.2) is 61.1 Å². The molecule has 0 unspecified atom stereocenters. The lowest BCUT2D eigenvalue weighted by Crippen LogP contribution is -2.51. The number of hydrogen-bond acceptors (Lipinski definition) is 4. The average molecular weight is 353 g/mol. The largest absolute Gasteiger partial charge is 0.353 e. The third kappa shape index (κ3) is 4.95. The number of carbonyl (C=O) groups excluding carboxylic acids is 1. The van der Waals surface area contributed by atoms with Crippen LogP contribution in [0.5, 0.6) is 0 Å². The summed E-state index contributed by atoms with van der Waals surface area (Å²) >= 11 is 0. The monoisotopic (exact) mass is 353 g/mol. The van der Waals surface area contributed by atoms with Crippen LogP contribution < -0.4 is 10.2 Å². The van der Waals surface area contributed by atoms with Crippen molar-refractivity contribution in [1.29, 1.82) is 0 Å². The number of rotatable bonds is 5. The number of urea groups is 1. The topological polar surface area (TPSA) is 51.7 Å². The van der Waals surface area contributed by atoms with Crippen molar-refractivity contribution >= 4 is 11.8 Å². The SMILES string of the molecule is CN(C)Cc1ccc(CNC(=O)N2CCN(c3ccccn3)CC2)cc1. The maximum Gasteiger partial charge on any atom is 0.317 e. The summed E-state index contributed by atoms with van der Waals surface area (Å²) in [6.07, 6.45) is 1.80. The van der Waals surface area contributed by atoms with Gasteiger partial charge >= 0.3 is 6.03 Å². The zero-order chi connectivity index (χ0) is 18.4. The van der Waals surface area contributed by atoms with Crippen molar-refractivity contribution in [2.75, 3.05) is 45.2 Å². The van der Waals surface area contributed by atoms with E-state index in [9.17, 15) is 4.79 Å². The highest BCUT2D eigenvalue weighted by Gasteiger charge is 2.21. The molecule has 0 saturated carbocycles. The van der Waals surface area contributed by atoms with E-state index in [1.807, 2.05) is 23.1 Å². The molecule has 26 heavy (non-hydrogen) atoms. The van der Waals surface area contributed by atoms with E-state index < -0.39 is 0 Å². The average Bonchev–Trinajstić information content (AvgIpc) is 2.67. The van der Waals surface area contributed by atoms with E-state index in [4.69, 9.17) is 0 Å². The van der Waals surface area contributed by atoms with E-state index in [0.29, 0.717) is 19.6 Å². The molecule has 6 nitrogen and oxygen atoms in total. The van der Waals surface area contributed by atoms with Crippen molar-refractivity contribution < 1.29 is 4.79 Å². The highest BCUT2D eigenvalue weighted by atomic mass is 16.2. The lowest BCUT2D eigenvalue weighted by Gasteiger charge is -2.35. The number of hydrogen-bond donors (Lipinski definition) is 1. The van der Waals surface area contributed by atoms with E-state index in [-0.39, 0.29) is 6.03 Å². The van der Waals surface area contributed by atoms with Gasteiger partial charge in [-0.25, -0.2) is 9.78 Å². The van der Waals surface area contributed by atoms with Crippen molar-refractivity contribution in [2.45, 2.75) is 13.1 Å². The first-order valence-corrected chi connectivity index (χ1v) is 9.03. The molecular weight excluding hydrogens is 326 g/mol. The van der Waals surface area contributed by atoms with Crippen molar-refractivity contribution in [3.63, 3.8) is 0 Å². The molecule has 1 aliphatic rings. The molecule has 1 aliphatic heterocycles. The van der Waals surface area contributed by atoms with Crippen LogP contribution in [0.1, 0.15) is 11.1 Å². The minimum atomic E-state index is 0.00281. The van der Waals surface area contributed by atoms with E-state index >= 15 is 0 Å². The predicted octanol–water partition coefficient (Wildman–Crippen LogP) is 2.17. The van der Waals surface area contributed by atoms with Crippen molar-refractivity contribution in [3.05, 3.63) is 59.8 Å². The number of piperazine rings is 1. The van der Waals surface area contributed by atoms with Gasteiger partial charge in [-0.3, -0.25) is 0 Å². The zero-order valence-electron chi connectivity index (χ0n) is 15.6. The Hall–Kier alpha value is -2.60. The second-order valence-corrected chi connectivity index (χ2v) is 6.88. The quantitative estimate of drug-likeness (QED) is 0.895. The lowest BCUT2D eigenvalue weighted by atomic mass is 10.1. The molecule has 2 heterocycles. The van der Waals surface area contributed by atoms with Crippen LogP contribution in [0, 0.1) is 0 Å². The summed E-state index contributed by atoms with van der Waals surface area (Å²) < 4.78 is 0. The first-order valence-electron chi connectivity index (χ1n) is 9.03. The fourth-order valence-corrected chi connectivity index (χ4v) is 3.10. The fourth-order valence-electron chi connectivity index (χ4n) is 3.10. The minimum absolute atomic E-state index is 0.00281. The maximum atomic E-state index is 12.4. The van der Waals surface area contributed by atoms with Gasteiger partial charge in [-0.15, -0.1) is 0 Å². The van der Waals surface area contributed by atoms with E-state index in [0.717, 1.165) is 31.0 Å². The summed E-state index contributed by atoms with van der Waals surface area (Å²) in [6.45, 7) is 4.52. The van der Waals surface area contributed by atoms with Crippen molar-refractivity contribution in [2.24, 2.45) is 0 Å². The highest BCUT2D eigenvalue weighted by molar-refractivity contribution is 5.74. The number of amides is 2. The maximum absolute atomic E-state index is 12.4. The molecule has 0 bridgehead atoms. The molecule has 0 atom stereocenters. The molecule has 2 aromatic rings. The molecule has 6 heteroatoms. The lowest BCUT2D eigenvalue weighted by molar-refractivity contribution is 0.194. The highest BCUT2D eigenvalue weighted by Crippen LogP contribution is 2.12. The first-order chi connectivity index (χ1) is 12.6. The van der Waals surface area contributed by atoms with Crippen molar-refractivity contribution in [3.8, 4) is 0 Å². The molecule has 3 rings (SSSR count). The van der Waals surface area contributed by atoms with Crippen molar-refractivity contribution in [1.82, 2.24) is 20.1 Å². The Bertz CT molecular complexity index is 694. The van der Waals surface area contributed by atoms with E-state index in [1.165, 1.54) is 5.56 Å². The van der Waals surface area contributed by atoms with Crippen LogP contribution >= 0.6 is 0 Å². The minimum Gasteiger partial charge on any atom is -0.353 e. The van der Waals surface area contributed by atoms with Gasteiger partial charge in [-0.1, -0.05) is 30.3 Å². The zero-order valence-corrected chi connectivity index (χ0v) is 15.6. The molecule has 0 aliphatic carbocycles. The van der Waals surface area contributed by atoms with Gasteiger partial charge in [-0.2, -0.15) is 0 Å². The number of aromatic nitrogens is 1. The standard InChI is InChI=1S/C20H27N5O/c1-23(2)16-18-8-6-17(7-9-18)15-22-20(26)25-13-11-24(12-14-25)19-5-3-4-10-21-19/h3-10H,11-16H2,1-2H3,(H,22,26). The van der Waals surface area contributed by atoms with Crippen LogP contribution in [0.4, 0.5) is 10.6 Å². The molecule has 0 radical (unpaired) electrons. The number of nitrogens with one attached hydrogen (secondary N) is 1. The second-order valence-electron chi connectivity index (χ2n) is 6.88. The number of benzene rings is 1. The Balaban J connectivity index is 1.44. The van der Waals surface area contributed by atoms with Crippen LogP contribution in [-0.2, 0) is 13.1 Å². The van der Waals surface area contributed by atoms with Crippen LogP contribution in [0.25, 0.3) is 0 Å². The van der Waals surface area contributed by atoms with Crippen LogP contribution in [0.15, 0.2) is 48.7 Å². The Morgan fingerprint density at radius 3 is 2.35 bits per heavy atom. The molecule has 138 valence electrons. The van der Waals surface area contributed by atoms with Gasteiger partial charge in [-0.05, 0) is 37.4 Å². The fraction of sp³-hybridized carbons (Fsp3) is 0.400. The summed E-state index contributed by atoms with van der Waals surface area (Å²) in [4.78, 5) is 23.0. The molecular formula is C20H27N5O. The number of nitrogens with zero attached hydrogens (tertiary/aromatic N) is 4. The van der Waals surface area contributed by atoms with Gasteiger partial charge in [0.25, 0.3) is 0 Å². The van der Waals surface area contributed by atoms with Gasteiger partial charge in [0.15, 0.2) is 0 Å². The summed E-state index contributed by atoms with van der Waals surface area (Å²) in [5.41, 5.74) is 2.39. The van der Waals surface area contributed by atoms with Crippen LogP contribution in [0.3, 0.4) is 0 Å². The Kier molecular flexibility index (Phi) is 6.07. The summed E-state index contributed by atoms with van der Waals surface area (Å²) in [7, 11) is 4.11. The van der Waals surface area contributed by atoms with E-state index in [2.05, 4.69) is 58.5 Å². The Morgan fingerprint density at radius 1 is 1.04 bits per heavy atom. The molecule has 1 saturated heterocycles. The molecule has 1 aromatic heterocycles. The summed E-state index contributed by atoms with van der Waals surface area (Å²) in [6, 6.07) is 14.3.